The number of rotatable bonds is 18. The van der Waals surface area contributed by atoms with Gasteiger partial charge in [-0.1, -0.05) is 19.9 Å². The third-order valence-corrected chi connectivity index (χ3v) is 20.2. The molecule has 0 radical (unpaired) electrons. The van der Waals surface area contributed by atoms with E-state index < -0.39 is 253 Å². The van der Waals surface area contributed by atoms with Gasteiger partial charge in [0.1, 0.15) is 140 Å². The number of aliphatic hydroxyl groups excluding tert-OH is 20. The molecular formula is C56H90O33. The summed E-state index contributed by atoms with van der Waals surface area (Å²) in [5.74, 6) is -1.57. The Morgan fingerprint density at radius 1 is 0.461 bits per heavy atom. The predicted octanol–water partition coefficient (Wildman–Crippen LogP) is -9.45. The molecule has 9 fully saturated rings. The van der Waals surface area contributed by atoms with E-state index in [1.54, 1.807) is 6.92 Å². The van der Waals surface area contributed by atoms with Crippen molar-refractivity contribution in [2.75, 3.05) is 39.6 Å². The second-order valence-electron chi connectivity index (χ2n) is 25.5. The Morgan fingerprint density at radius 2 is 0.888 bits per heavy atom. The Kier molecular flexibility index (Phi) is 23.5. The van der Waals surface area contributed by atoms with Crippen LogP contribution in [0.3, 0.4) is 0 Å². The average Bonchev–Trinajstić information content (AvgIpc) is 1.58. The second-order valence-corrected chi connectivity index (χ2v) is 25.5. The van der Waals surface area contributed by atoms with Gasteiger partial charge in [0.05, 0.1) is 51.2 Å². The molecule has 0 aromatic rings. The van der Waals surface area contributed by atoms with Gasteiger partial charge < -0.3 is 159 Å². The minimum atomic E-state index is -2.08. The highest BCUT2D eigenvalue weighted by molar-refractivity contribution is 5.77. The van der Waals surface area contributed by atoms with Crippen molar-refractivity contribution in [3.05, 3.63) is 17.9 Å². The molecule has 9 rings (SSSR count). The first-order chi connectivity index (χ1) is 42.2. The van der Waals surface area contributed by atoms with Crippen molar-refractivity contribution >= 4 is 5.97 Å². The molecule has 0 spiro atoms. The first-order valence-corrected chi connectivity index (χ1v) is 30.2. The molecule has 33 heteroatoms. The SMILES string of the molecule is C=C=C1CC2CC[C@H]3[C@@](C)(CCC[C@@]3(C)C(=O)OC3OC(COC4OC(CO)C(O)C(O)C4O)C(O)C(O)C3OC3OC(CO)C(O)C(O)C3O)[C@@H]2CCC1OC1OC(CO)C(O)C(OC2OC(CO)C(O)C(O)C2O)C1OC1OC(CO)C(O)C(O)C1O. The van der Waals surface area contributed by atoms with Crippen LogP contribution in [0.1, 0.15) is 65.2 Å². The van der Waals surface area contributed by atoms with Crippen molar-refractivity contribution in [3.8, 4) is 0 Å². The van der Waals surface area contributed by atoms with Gasteiger partial charge in [-0.15, -0.1) is 5.73 Å². The van der Waals surface area contributed by atoms with E-state index in [0.717, 1.165) is 0 Å². The lowest BCUT2D eigenvalue weighted by Crippen LogP contribution is -2.67. The van der Waals surface area contributed by atoms with Gasteiger partial charge in [0.25, 0.3) is 0 Å². The Balaban J connectivity index is 0.963. The minimum absolute atomic E-state index is 0.103. The molecule has 36 atom stereocenters. The number of carbonyl (C=O) groups is 1. The Hall–Kier alpha value is -2.25. The minimum Gasteiger partial charge on any atom is -0.432 e. The zero-order valence-corrected chi connectivity index (χ0v) is 49.0. The highest BCUT2D eigenvalue weighted by Crippen LogP contribution is 2.64. The number of hydrogen-bond acceptors (Lipinski definition) is 33. The summed E-state index contributed by atoms with van der Waals surface area (Å²) < 4.78 is 71.5. The topological polar surface area (TPSA) is 532 Å². The number of esters is 1. The number of hydrogen-bond donors (Lipinski definition) is 20. The van der Waals surface area contributed by atoms with E-state index in [1.165, 1.54) is 0 Å². The number of carbonyl (C=O) groups excluding carboxylic acids is 1. The zero-order chi connectivity index (χ0) is 64.9. The van der Waals surface area contributed by atoms with Crippen LogP contribution in [-0.4, -0.2) is 338 Å². The lowest BCUT2D eigenvalue weighted by atomic mass is 9.45. The maximum atomic E-state index is 15.2. The first-order valence-electron chi connectivity index (χ1n) is 30.2. The monoisotopic (exact) mass is 1290 g/mol. The maximum absolute atomic E-state index is 15.2. The maximum Gasteiger partial charge on any atom is 0.314 e. The molecule has 0 aromatic heterocycles. The molecule has 9 aliphatic rings. The molecule has 0 aromatic carbocycles. The summed E-state index contributed by atoms with van der Waals surface area (Å²) >= 11 is 0. The second kappa shape index (κ2) is 29.4. The van der Waals surface area contributed by atoms with E-state index in [1.807, 2.05) is 0 Å². The van der Waals surface area contributed by atoms with Crippen LogP contribution in [0.5, 0.6) is 0 Å². The fourth-order valence-corrected chi connectivity index (χ4v) is 15.0. The van der Waals surface area contributed by atoms with Crippen LogP contribution < -0.4 is 0 Å². The summed E-state index contributed by atoms with van der Waals surface area (Å²) in [4.78, 5) is 15.2. The molecule has 512 valence electrons. The Bertz CT molecular complexity index is 2350. The van der Waals surface area contributed by atoms with Crippen molar-refractivity contribution < 1.29 is 164 Å². The molecule has 0 amide bonds. The summed E-state index contributed by atoms with van der Waals surface area (Å²) in [5, 5.41) is 214. The molecule has 0 bridgehead atoms. The van der Waals surface area contributed by atoms with E-state index >= 15 is 4.79 Å². The quantitative estimate of drug-likeness (QED) is 0.0448. The van der Waals surface area contributed by atoms with Gasteiger partial charge in [0, 0.05) is 5.57 Å². The van der Waals surface area contributed by atoms with Crippen molar-refractivity contribution in [1.82, 2.24) is 0 Å². The Morgan fingerprint density at radius 3 is 1.38 bits per heavy atom. The summed E-state index contributed by atoms with van der Waals surface area (Å²) in [7, 11) is 0. The van der Waals surface area contributed by atoms with Crippen LogP contribution in [0, 0.1) is 28.6 Å². The molecule has 3 aliphatic carbocycles. The van der Waals surface area contributed by atoms with Gasteiger partial charge in [-0.05, 0) is 75.0 Å². The molecule has 3 saturated carbocycles. The van der Waals surface area contributed by atoms with Crippen LogP contribution in [0.4, 0.5) is 0 Å². The van der Waals surface area contributed by atoms with Gasteiger partial charge >= 0.3 is 5.97 Å². The van der Waals surface area contributed by atoms with Gasteiger partial charge in [0.15, 0.2) is 37.6 Å². The van der Waals surface area contributed by atoms with Gasteiger partial charge in [-0.25, -0.2) is 0 Å². The van der Waals surface area contributed by atoms with E-state index in [4.69, 9.17) is 56.8 Å². The normalized spacial score (nSPS) is 52.4. The third-order valence-electron chi connectivity index (χ3n) is 20.2. The fraction of sp³-hybridized carbons (Fsp3) is 0.929. The average molecular weight is 1290 g/mol. The largest absolute Gasteiger partial charge is 0.432 e. The molecule has 33 nitrogen and oxygen atoms in total. The van der Waals surface area contributed by atoms with Gasteiger partial charge in [-0.2, -0.15) is 0 Å². The molecule has 20 N–H and O–H groups in total. The lowest BCUT2D eigenvalue weighted by molar-refractivity contribution is -0.394. The summed E-state index contributed by atoms with van der Waals surface area (Å²) in [6.45, 7) is 2.73. The van der Waals surface area contributed by atoms with Crippen LogP contribution in [-0.2, 0) is 61.6 Å². The molecule has 6 heterocycles. The van der Waals surface area contributed by atoms with E-state index in [2.05, 4.69) is 19.2 Å². The molecular weight excluding hydrogens is 1200 g/mol. The molecule has 89 heavy (non-hydrogen) atoms. The number of aliphatic hydroxyl groups is 20. The summed E-state index contributed by atoms with van der Waals surface area (Å²) in [5.41, 5.74) is 1.56. The van der Waals surface area contributed by atoms with Crippen LogP contribution in [0.25, 0.3) is 0 Å². The predicted molar refractivity (Wildman–Crippen MR) is 285 cm³/mol. The van der Waals surface area contributed by atoms with Crippen molar-refractivity contribution in [2.24, 2.45) is 28.6 Å². The first kappa shape index (κ1) is 71.1. The van der Waals surface area contributed by atoms with E-state index in [-0.39, 0.29) is 24.7 Å². The highest BCUT2D eigenvalue weighted by Gasteiger charge is 2.62. The van der Waals surface area contributed by atoms with Crippen molar-refractivity contribution in [3.63, 3.8) is 0 Å². The highest BCUT2D eigenvalue weighted by atomic mass is 16.8. The summed E-state index contributed by atoms with van der Waals surface area (Å²) in [6, 6.07) is 0. The molecule has 6 aliphatic heterocycles. The van der Waals surface area contributed by atoms with Gasteiger partial charge in [-0.3, -0.25) is 4.79 Å². The molecule has 6 saturated heterocycles. The van der Waals surface area contributed by atoms with Crippen molar-refractivity contribution in [1.29, 1.82) is 0 Å². The molecule has 32 unspecified atom stereocenters. The number of fused-ring (bicyclic) bond motifs is 3. The standard InChI is InChI=1S/C56H90O33/c1-4-19-12-20-6-9-29-55(2,21(20)7-8-22(19)79-53-47(88-51-44(76)39(71)33(65)26(16-60)83-51)45(35(67)27(17-61)84-53)86-49-42(74)37(69)31(63)24(14-58)81-49)10-5-11-56(29,3)54(77)89-52-46(87-50-43(75)38(70)32(64)25(15-59)82-50)40(72)34(66)28(85-52)18-78-48-41(73)36(68)30(62)23(13-57)80-48/h20-53,57-76H,1,5-18H2,2-3H3/t20?,21-,22?,23?,24?,25?,26?,27?,28?,29+,30?,31?,32?,33?,34?,35?,36?,37?,38?,39?,40?,41?,42?,43?,44?,45?,46?,47?,48?,49?,50?,51?,52?,53?,55+,56-/m1/s1. The van der Waals surface area contributed by atoms with E-state index in [0.29, 0.717) is 44.1 Å². The Labute approximate surface area is 510 Å². The number of ether oxygens (including phenoxy) is 12. The fourth-order valence-electron chi connectivity index (χ4n) is 15.0. The van der Waals surface area contributed by atoms with Crippen LogP contribution >= 0.6 is 0 Å². The zero-order valence-electron chi connectivity index (χ0n) is 49.0. The summed E-state index contributed by atoms with van der Waals surface area (Å²) in [6.07, 6.45) is -52.5. The van der Waals surface area contributed by atoms with Crippen LogP contribution in [0.2, 0.25) is 0 Å². The van der Waals surface area contributed by atoms with Gasteiger partial charge in [0.2, 0.25) is 6.29 Å². The van der Waals surface area contributed by atoms with Crippen molar-refractivity contribution in [2.45, 2.75) is 256 Å². The smallest absolute Gasteiger partial charge is 0.314 e. The van der Waals surface area contributed by atoms with Crippen LogP contribution in [0.15, 0.2) is 17.9 Å². The lowest BCUT2D eigenvalue weighted by Gasteiger charge is -2.59. The van der Waals surface area contributed by atoms with E-state index in [9.17, 15) is 102 Å². The third kappa shape index (κ3) is 13.8.